The van der Waals surface area contributed by atoms with E-state index in [0.29, 0.717) is 26.3 Å². The van der Waals surface area contributed by atoms with E-state index in [2.05, 4.69) is 9.97 Å². The summed E-state index contributed by atoms with van der Waals surface area (Å²) in [5, 5.41) is 0. The molecule has 1 aromatic rings. The molecule has 5 nitrogen and oxygen atoms in total. The Morgan fingerprint density at radius 3 is 2.81 bits per heavy atom. The zero-order valence-corrected chi connectivity index (χ0v) is 8.94. The minimum atomic E-state index is -0.507. The fourth-order valence-electron chi connectivity index (χ4n) is 1.52. The van der Waals surface area contributed by atoms with Gasteiger partial charge in [0.15, 0.2) is 23.2 Å². The van der Waals surface area contributed by atoms with Crippen molar-refractivity contribution in [3.63, 3.8) is 0 Å². The molecule has 0 N–H and O–H groups in total. The van der Waals surface area contributed by atoms with Gasteiger partial charge in [-0.3, -0.25) is 4.79 Å². The van der Waals surface area contributed by atoms with Crippen molar-refractivity contribution in [2.45, 2.75) is 6.92 Å². The second-order valence-corrected chi connectivity index (χ2v) is 3.52. The standard InChI is InChI=1S/C10H12FN3O2/c1-7(15)9-12-6-8(11)10(13-9)14-2-4-16-5-3-14/h6H,2-5H2,1H3. The molecule has 0 aromatic carbocycles. The van der Waals surface area contributed by atoms with Gasteiger partial charge in [-0.05, 0) is 0 Å². The normalized spacial score (nSPS) is 16.2. The van der Waals surface area contributed by atoms with E-state index in [1.54, 1.807) is 4.90 Å². The quantitative estimate of drug-likeness (QED) is 0.692. The first-order valence-electron chi connectivity index (χ1n) is 5.04. The van der Waals surface area contributed by atoms with Gasteiger partial charge in [0.2, 0.25) is 0 Å². The van der Waals surface area contributed by atoms with Gasteiger partial charge < -0.3 is 9.64 Å². The van der Waals surface area contributed by atoms with Crippen molar-refractivity contribution in [2.24, 2.45) is 0 Å². The van der Waals surface area contributed by atoms with Gasteiger partial charge in [-0.25, -0.2) is 14.4 Å². The Morgan fingerprint density at radius 1 is 1.50 bits per heavy atom. The maximum absolute atomic E-state index is 13.5. The van der Waals surface area contributed by atoms with Gasteiger partial charge in [-0.1, -0.05) is 0 Å². The van der Waals surface area contributed by atoms with Crippen molar-refractivity contribution < 1.29 is 13.9 Å². The second-order valence-electron chi connectivity index (χ2n) is 3.52. The maximum Gasteiger partial charge on any atom is 0.197 e. The number of ketones is 1. The number of anilines is 1. The van der Waals surface area contributed by atoms with Crippen LogP contribution in [0.2, 0.25) is 0 Å². The molecular weight excluding hydrogens is 213 g/mol. The third-order valence-corrected chi connectivity index (χ3v) is 2.35. The average molecular weight is 225 g/mol. The van der Waals surface area contributed by atoms with Crippen LogP contribution in [0, 0.1) is 5.82 Å². The molecule has 86 valence electrons. The molecule has 1 saturated heterocycles. The third kappa shape index (κ3) is 2.16. The van der Waals surface area contributed by atoms with E-state index in [-0.39, 0.29) is 17.4 Å². The summed E-state index contributed by atoms with van der Waals surface area (Å²) in [5.74, 6) is -0.548. The zero-order chi connectivity index (χ0) is 11.5. The summed E-state index contributed by atoms with van der Waals surface area (Å²) >= 11 is 0. The van der Waals surface area contributed by atoms with E-state index in [9.17, 15) is 9.18 Å². The van der Waals surface area contributed by atoms with Gasteiger partial charge in [-0.15, -0.1) is 0 Å². The van der Waals surface area contributed by atoms with Crippen molar-refractivity contribution in [3.05, 3.63) is 17.8 Å². The van der Waals surface area contributed by atoms with Gasteiger partial charge in [-0.2, -0.15) is 0 Å². The summed E-state index contributed by atoms with van der Waals surface area (Å²) < 4.78 is 18.7. The number of hydrogen-bond donors (Lipinski definition) is 0. The molecule has 0 bridgehead atoms. The van der Waals surface area contributed by atoms with Crippen LogP contribution in [-0.4, -0.2) is 42.1 Å². The zero-order valence-electron chi connectivity index (χ0n) is 8.94. The first kappa shape index (κ1) is 10.9. The van der Waals surface area contributed by atoms with Crippen LogP contribution < -0.4 is 4.90 Å². The highest BCUT2D eigenvalue weighted by Gasteiger charge is 2.18. The van der Waals surface area contributed by atoms with Crippen LogP contribution in [0.4, 0.5) is 10.2 Å². The molecule has 0 amide bonds. The van der Waals surface area contributed by atoms with Crippen molar-refractivity contribution in [3.8, 4) is 0 Å². The number of nitrogens with zero attached hydrogens (tertiary/aromatic N) is 3. The monoisotopic (exact) mass is 225 g/mol. The number of carbonyl (C=O) groups excluding carboxylic acids is 1. The topological polar surface area (TPSA) is 55.3 Å². The Morgan fingerprint density at radius 2 is 2.19 bits per heavy atom. The highest BCUT2D eigenvalue weighted by Crippen LogP contribution is 2.16. The van der Waals surface area contributed by atoms with Crippen molar-refractivity contribution in [1.29, 1.82) is 0 Å². The molecule has 0 aliphatic carbocycles. The molecule has 1 aromatic heterocycles. The summed E-state index contributed by atoms with van der Waals surface area (Å²) in [5.41, 5.74) is 0. The minimum Gasteiger partial charge on any atom is -0.378 e. The van der Waals surface area contributed by atoms with E-state index in [1.165, 1.54) is 6.92 Å². The van der Waals surface area contributed by atoms with Gasteiger partial charge in [0.25, 0.3) is 0 Å². The smallest absolute Gasteiger partial charge is 0.197 e. The van der Waals surface area contributed by atoms with Gasteiger partial charge in [0, 0.05) is 20.0 Å². The number of halogens is 1. The van der Waals surface area contributed by atoms with E-state index in [0.717, 1.165) is 6.20 Å². The fraction of sp³-hybridized carbons (Fsp3) is 0.500. The van der Waals surface area contributed by atoms with Crippen LogP contribution in [0.3, 0.4) is 0 Å². The summed E-state index contributed by atoms with van der Waals surface area (Å²) in [4.78, 5) is 20.4. The lowest BCUT2D eigenvalue weighted by Gasteiger charge is -2.27. The highest BCUT2D eigenvalue weighted by molar-refractivity contribution is 5.90. The van der Waals surface area contributed by atoms with Crippen molar-refractivity contribution >= 4 is 11.6 Å². The molecule has 2 rings (SSSR count). The molecule has 1 aliphatic heterocycles. The Labute approximate surface area is 92.3 Å². The largest absolute Gasteiger partial charge is 0.378 e. The van der Waals surface area contributed by atoms with Crippen LogP contribution in [-0.2, 0) is 4.74 Å². The molecule has 0 radical (unpaired) electrons. The molecule has 0 spiro atoms. The number of carbonyl (C=O) groups is 1. The Hall–Kier alpha value is -1.56. The summed E-state index contributed by atoms with van der Waals surface area (Å²) in [7, 11) is 0. The van der Waals surface area contributed by atoms with Gasteiger partial charge in [0.05, 0.1) is 19.4 Å². The van der Waals surface area contributed by atoms with Crippen LogP contribution >= 0.6 is 0 Å². The summed E-state index contributed by atoms with van der Waals surface area (Å²) in [6.45, 7) is 3.59. The Bertz CT molecular complexity index is 405. The molecular formula is C10H12FN3O2. The average Bonchev–Trinajstić information content (AvgIpc) is 2.30. The lowest BCUT2D eigenvalue weighted by molar-refractivity contribution is 0.100. The predicted molar refractivity (Wildman–Crippen MR) is 55.0 cm³/mol. The van der Waals surface area contributed by atoms with Crippen molar-refractivity contribution in [2.75, 3.05) is 31.2 Å². The molecule has 6 heteroatoms. The number of rotatable bonds is 2. The molecule has 1 fully saturated rings. The molecule has 0 unspecified atom stereocenters. The van der Waals surface area contributed by atoms with Gasteiger partial charge >= 0.3 is 0 Å². The maximum atomic E-state index is 13.5. The molecule has 0 atom stereocenters. The predicted octanol–water partition coefficient (Wildman–Crippen LogP) is 0.655. The lowest BCUT2D eigenvalue weighted by atomic mass is 10.3. The third-order valence-electron chi connectivity index (χ3n) is 2.35. The van der Waals surface area contributed by atoms with Crippen LogP contribution in [0.15, 0.2) is 6.20 Å². The summed E-state index contributed by atoms with van der Waals surface area (Å²) in [6.07, 6.45) is 1.04. The first-order chi connectivity index (χ1) is 7.68. The molecule has 1 aliphatic rings. The van der Waals surface area contributed by atoms with Crippen LogP contribution in [0.5, 0.6) is 0 Å². The second kappa shape index (κ2) is 4.52. The number of Topliss-reactive ketones (excluding diaryl/α,β-unsaturated/α-hetero) is 1. The number of ether oxygens (including phenoxy) is 1. The SMILES string of the molecule is CC(=O)c1ncc(F)c(N2CCOCC2)n1. The van der Waals surface area contributed by atoms with E-state index in [4.69, 9.17) is 4.74 Å². The highest BCUT2D eigenvalue weighted by atomic mass is 19.1. The molecule has 0 saturated carbocycles. The lowest BCUT2D eigenvalue weighted by Crippen LogP contribution is -2.37. The Kier molecular flexibility index (Phi) is 3.09. The van der Waals surface area contributed by atoms with E-state index >= 15 is 0 Å². The van der Waals surface area contributed by atoms with E-state index < -0.39 is 5.82 Å². The minimum absolute atomic E-state index is 0.0443. The van der Waals surface area contributed by atoms with Crippen molar-refractivity contribution in [1.82, 2.24) is 9.97 Å². The van der Waals surface area contributed by atoms with Crippen LogP contribution in [0.25, 0.3) is 0 Å². The van der Waals surface area contributed by atoms with E-state index in [1.807, 2.05) is 0 Å². The Balaban J connectivity index is 2.30. The summed E-state index contributed by atoms with van der Waals surface area (Å²) in [6, 6.07) is 0. The number of morpholine rings is 1. The molecule has 16 heavy (non-hydrogen) atoms. The molecule has 2 heterocycles. The first-order valence-corrected chi connectivity index (χ1v) is 5.04. The van der Waals surface area contributed by atoms with Gasteiger partial charge in [0.1, 0.15) is 0 Å². The number of aromatic nitrogens is 2. The fourth-order valence-corrected chi connectivity index (χ4v) is 1.52. The number of hydrogen-bond acceptors (Lipinski definition) is 5. The van der Waals surface area contributed by atoms with Crippen LogP contribution in [0.1, 0.15) is 17.5 Å².